The zero-order valence-electron chi connectivity index (χ0n) is 14.8. The van der Waals surface area contributed by atoms with Crippen molar-refractivity contribution in [3.8, 4) is 5.75 Å². The maximum absolute atomic E-state index is 13.0. The number of nitrogens with zero attached hydrogens (tertiary/aromatic N) is 2. The number of hydrogen-bond donors (Lipinski definition) is 1. The molecule has 0 aliphatic carbocycles. The van der Waals surface area contributed by atoms with Crippen molar-refractivity contribution in [2.45, 2.75) is 25.5 Å². The molecule has 0 bridgehead atoms. The number of benzene rings is 2. The van der Waals surface area contributed by atoms with E-state index in [0.29, 0.717) is 12.0 Å². The van der Waals surface area contributed by atoms with Crippen LogP contribution in [0.4, 0.5) is 0 Å². The van der Waals surface area contributed by atoms with Gasteiger partial charge < -0.3 is 10.1 Å². The summed E-state index contributed by atoms with van der Waals surface area (Å²) < 4.78 is 7.62. The first-order chi connectivity index (χ1) is 12.6. The fourth-order valence-corrected chi connectivity index (χ4v) is 3.43. The minimum absolute atomic E-state index is 0.106. The van der Waals surface area contributed by atoms with Gasteiger partial charge in [-0.05, 0) is 18.6 Å². The molecular weight excluding hydrogens is 326 g/mol. The molecule has 1 aliphatic heterocycles. The number of fused-ring (bicyclic) bond motifs is 1. The van der Waals surface area contributed by atoms with Crippen LogP contribution in [-0.4, -0.2) is 21.8 Å². The van der Waals surface area contributed by atoms with Crippen LogP contribution < -0.4 is 10.1 Å². The molecule has 5 nitrogen and oxygen atoms in total. The Morgan fingerprint density at radius 3 is 2.69 bits per heavy atom. The maximum atomic E-state index is 13.0. The fourth-order valence-electron chi connectivity index (χ4n) is 3.43. The van der Waals surface area contributed by atoms with Crippen LogP contribution >= 0.6 is 0 Å². The van der Waals surface area contributed by atoms with E-state index in [0.717, 1.165) is 22.6 Å². The number of carbonyl (C=O) groups is 1. The molecule has 1 amide bonds. The maximum Gasteiger partial charge on any atom is 0.255 e. The first-order valence-corrected chi connectivity index (χ1v) is 8.74. The van der Waals surface area contributed by atoms with Crippen LogP contribution in [0.3, 0.4) is 0 Å². The number of aromatic nitrogens is 2. The third-order valence-corrected chi connectivity index (χ3v) is 4.84. The minimum Gasteiger partial charge on any atom is -0.488 e. The number of nitrogens with one attached hydrogen (secondary N) is 1. The average Bonchev–Trinajstić information content (AvgIpc) is 3.16. The van der Waals surface area contributed by atoms with Crippen molar-refractivity contribution in [2.75, 3.05) is 0 Å². The Morgan fingerprint density at radius 1 is 1.15 bits per heavy atom. The molecule has 0 fully saturated rings. The van der Waals surface area contributed by atoms with Crippen LogP contribution in [0, 0.1) is 0 Å². The molecular formula is C21H21N3O2. The summed E-state index contributed by atoms with van der Waals surface area (Å²) >= 11 is 0. The summed E-state index contributed by atoms with van der Waals surface area (Å²) in [4.78, 5) is 13.0. The van der Waals surface area contributed by atoms with Gasteiger partial charge in [0.1, 0.15) is 11.9 Å². The van der Waals surface area contributed by atoms with Crippen LogP contribution in [-0.2, 0) is 13.5 Å². The first kappa shape index (κ1) is 16.4. The quantitative estimate of drug-likeness (QED) is 0.788. The van der Waals surface area contributed by atoms with Gasteiger partial charge in [0, 0.05) is 19.0 Å². The predicted octanol–water partition coefficient (Wildman–Crippen LogP) is 3.26. The average molecular weight is 347 g/mol. The first-order valence-electron chi connectivity index (χ1n) is 8.74. The van der Waals surface area contributed by atoms with Gasteiger partial charge >= 0.3 is 0 Å². The molecule has 0 spiro atoms. The van der Waals surface area contributed by atoms with Gasteiger partial charge in [-0.3, -0.25) is 9.48 Å². The number of rotatable bonds is 4. The number of hydrogen-bond acceptors (Lipinski definition) is 3. The standard InChI is InChI=1S/C21H21N3O2/c1-14-20(16-10-6-7-11-19(16)26-14)23-21(25)17-13-22-24(2)18(17)12-15-8-4-3-5-9-15/h3-11,13-14,20H,12H2,1-2H3,(H,23,25). The van der Waals surface area contributed by atoms with Gasteiger partial charge in [-0.2, -0.15) is 5.10 Å². The van der Waals surface area contributed by atoms with Crippen molar-refractivity contribution in [1.29, 1.82) is 0 Å². The van der Waals surface area contributed by atoms with Gasteiger partial charge in [-0.25, -0.2) is 0 Å². The van der Waals surface area contributed by atoms with Gasteiger partial charge in [-0.15, -0.1) is 0 Å². The van der Waals surface area contributed by atoms with E-state index in [9.17, 15) is 4.79 Å². The molecule has 2 unspecified atom stereocenters. The molecule has 26 heavy (non-hydrogen) atoms. The molecule has 5 heteroatoms. The van der Waals surface area contributed by atoms with Crippen molar-refractivity contribution in [2.24, 2.45) is 7.05 Å². The van der Waals surface area contributed by atoms with Crippen LogP contribution in [0.25, 0.3) is 0 Å². The number of para-hydroxylation sites is 1. The second kappa shape index (κ2) is 6.67. The molecule has 2 aromatic carbocycles. The summed E-state index contributed by atoms with van der Waals surface area (Å²) in [6.45, 7) is 1.97. The lowest BCUT2D eigenvalue weighted by Gasteiger charge is -2.17. The molecule has 2 atom stereocenters. The van der Waals surface area contributed by atoms with Crippen molar-refractivity contribution < 1.29 is 9.53 Å². The molecule has 0 radical (unpaired) electrons. The minimum atomic E-state index is -0.163. The van der Waals surface area contributed by atoms with E-state index in [1.807, 2.05) is 56.4 Å². The highest BCUT2D eigenvalue weighted by atomic mass is 16.5. The van der Waals surface area contributed by atoms with Gasteiger partial charge in [0.15, 0.2) is 0 Å². The van der Waals surface area contributed by atoms with Gasteiger partial charge in [0.25, 0.3) is 5.91 Å². The molecule has 0 saturated heterocycles. The van der Waals surface area contributed by atoms with E-state index < -0.39 is 0 Å². The van der Waals surface area contributed by atoms with E-state index in [-0.39, 0.29) is 18.1 Å². The monoisotopic (exact) mass is 347 g/mol. The van der Waals surface area contributed by atoms with Crippen LogP contribution in [0.1, 0.15) is 40.1 Å². The number of amides is 1. The zero-order chi connectivity index (χ0) is 18.1. The van der Waals surface area contributed by atoms with Crippen molar-refractivity contribution in [3.05, 3.63) is 83.2 Å². The summed E-state index contributed by atoms with van der Waals surface area (Å²) in [7, 11) is 1.87. The molecule has 0 saturated carbocycles. The third-order valence-electron chi connectivity index (χ3n) is 4.84. The Hall–Kier alpha value is -3.08. The lowest BCUT2D eigenvalue weighted by Crippen LogP contribution is -2.34. The normalized spacial score (nSPS) is 18.2. The second-order valence-corrected chi connectivity index (χ2v) is 6.60. The summed E-state index contributed by atoms with van der Waals surface area (Å²) in [5, 5.41) is 7.42. The summed E-state index contributed by atoms with van der Waals surface area (Å²) in [5.41, 5.74) is 3.66. The smallest absolute Gasteiger partial charge is 0.255 e. The number of ether oxygens (including phenoxy) is 1. The van der Waals surface area contributed by atoms with E-state index in [4.69, 9.17) is 4.74 Å². The Kier molecular flexibility index (Phi) is 4.21. The Morgan fingerprint density at radius 2 is 1.88 bits per heavy atom. The van der Waals surface area contributed by atoms with Crippen LogP contribution in [0.15, 0.2) is 60.8 Å². The summed E-state index contributed by atoms with van der Waals surface area (Å²) in [6, 6.07) is 17.8. The Bertz CT molecular complexity index is 933. The highest BCUT2D eigenvalue weighted by Gasteiger charge is 2.33. The molecule has 4 rings (SSSR count). The lowest BCUT2D eigenvalue weighted by atomic mass is 10.0. The molecule has 1 aliphatic rings. The topological polar surface area (TPSA) is 56.1 Å². The third kappa shape index (κ3) is 2.96. The molecule has 132 valence electrons. The predicted molar refractivity (Wildman–Crippen MR) is 99.2 cm³/mol. The van der Waals surface area contributed by atoms with E-state index in [1.165, 1.54) is 0 Å². The Balaban J connectivity index is 1.58. The Labute approximate surface area is 152 Å². The fraction of sp³-hybridized carbons (Fsp3) is 0.238. The van der Waals surface area contributed by atoms with E-state index in [2.05, 4.69) is 22.5 Å². The van der Waals surface area contributed by atoms with Gasteiger partial charge in [0.05, 0.1) is 23.5 Å². The van der Waals surface area contributed by atoms with E-state index >= 15 is 0 Å². The zero-order valence-corrected chi connectivity index (χ0v) is 14.8. The van der Waals surface area contributed by atoms with Crippen LogP contribution in [0.2, 0.25) is 0 Å². The highest BCUT2D eigenvalue weighted by Crippen LogP contribution is 2.36. The molecule has 2 heterocycles. The molecule has 1 aromatic heterocycles. The van der Waals surface area contributed by atoms with Gasteiger partial charge in [0.2, 0.25) is 0 Å². The molecule has 1 N–H and O–H groups in total. The SMILES string of the molecule is CC1Oc2ccccc2C1NC(=O)c1cnn(C)c1Cc1ccccc1. The summed E-state index contributed by atoms with van der Waals surface area (Å²) in [6.07, 6.45) is 2.19. The summed E-state index contributed by atoms with van der Waals surface area (Å²) in [5.74, 6) is 0.710. The number of aryl methyl sites for hydroxylation is 1. The van der Waals surface area contributed by atoms with E-state index in [1.54, 1.807) is 10.9 Å². The van der Waals surface area contributed by atoms with Crippen LogP contribution in [0.5, 0.6) is 5.75 Å². The second-order valence-electron chi connectivity index (χ2n) is 6.60. The van der Waals surface area contributed by atoms with Gasteiger partial charge in [-0.1, -0.05) is 48.5 Å². The number of carbonyl (C=O) groups excluding carboxylic acids is 1. The molecule has 3 aromatic rings. The highest BCUT2D eigenvalue weighted by molar-refractivity contribution is 5.95. The lowest BCUT2D eigenvalue weighted by molar-refractivity contribution is 0.0907. The van der Waals surface area contributed by atoms with Crippen molar-refractivity contribution in [1.82, 2.24) is 15.1 Å². The largest absolute Gasteiger partial charge is 0.488 e. The van der Waals surface area contributed by atoms with Crippen molar-refractivity contribution in [3.63, 3.8) is 0 Å². The van der Waals surface area contributed by atoms with Crippen molar-refractivity contribution >= 4 is 5.91 Å².